The molecule has 2 saturated heterocycles. The summed E-state index contributed by atoms with van der Waals surface area (Å²) in [6.07, 6.45) is 2.29. The Morgan fingerprint density at radius 2 is 1.91 bits per heavy atom. The number of morpholine rings is 1. The number of hydrogen-bond donors (Lipinski definition) is 2. The Hall–Kier alpha value is -1.14. The smallest absolute Gasteiger partial charge is 0.313 e. The van der Waals surface area contributed by atoms with Gasteiger partial charge in [-0.1, -0.05) is 13.8 Å². The zero-order chi connectivity index (χ0) is 16.7. The molecule has 3 fully saturated rings. The molecule has 6 heteroatoms. The maximum Gasteiger partial charge on any atom is 0.313 e. The number of carbonyl (C=O) groups is 2. The molecule has 6 nitrogen and oxygen atoms in total. The van der Waals surface area contributed by atoms with Crippen molar-refractivity contribution in [1.82, 2.24) is 5.32 Å². The Labute approximate surface area is 137 Å². The van der Waals surface area contributed by atoms with Crippen LogP contribution in [0.15, 0.2) is 0 Å². The first kappa shape index (κ1) is 16.7. The van der Waals surface area contributed by atoms with Crippen molar-refractivity contribution in [1.29, 1.82) is 0 Å². The highest BCUT2D eigenvalue weighted by Crippen LogP contribution is 2.65. The lowest BCUT2D eigenvalue weighted by atomic mass is 9.66. The van der Waals surface area contributed by atoms with Crippen LogP contribution in [-0.2, 0) is 19.1 Å². The van der Waals surface area contributed by atoms with Crippen molar-refractivity contribution in [2.75, 3.05) is 39.4 Å². The highest BCUT2D eigenvalue weighted by molar-refractivity contribution is 5.96. The van der Waals surface area contributed by atoms with Gasteiger partial charge >= 0.3 is 5.97 Å². The second-order valence-electron chi connectivity index (χ2n) is 7.90. The topological polar surface area (TPSA) is 69.1 Å². The van der Waals surface area contributed by atoms with Crippen LogP contribution in [0, 0.1) is 10.8 Å². The van der Waals surface area contributed by atoms with Gasteiger partial charge < -0.3 is 19.7 Å². The fraction of sp³-hybridized carbons (Fsp3) is 0.882. The summed E-state index contributed by atoms with van der Waals surface area (Å²) in [5.74, 6) is -0.337. The van der Waals surface area contributed by atoms with E-state index in [-0.39, 0.29) is 11.9 Å². The van der Waals surface area contributed by atoms with Crippen LogP contribution >= 0.6 is 0 Å². The lowest BCUT2D eigenvalue weighted by molar-refractivity contribution is -0.908. The maximum atomic E-state index is 12.8. The van der Waals surface area contributed by atoms with Gasteiger partial charge in [-0.05, 0) is 19.8 Å². The lowest BCUT2D eigenvalue weighted by Crippen LogP contribution is -3.14. The molecule has 1 amide bonds. The van der Waals surface area contributed by atoms with Crippen LogP contribution in [0.3, 0.4) is 0 Å². The van der Waals surface area contributed by atoms with Gasteiger partial charge in [-0.25, -0.2) is 0 Å². The second-order valence-corrected chi connectivity index (χ2v) is 7.90. The molecule has 2 bridgehead atoms. The van der Waals surface area contributed by atoms with Crippen LogP contribution in [0.1, 0.15) is 40.0 Å². The van der Waals surface area contributed by atoms with E-state index in [1.165, 1.54) is 4.90 Å². The van der Waals surface area contributed by atoms with Crippen LogP contribution in [0.2, 0.25) is 0 Å². The maximum absolute atomic E-state index is 12.8. The summed E-state index contributed by atoms with van der Waals surface area (Å²) in [5.41, 5.74) is -1.98. The Balaban J connectivity index is 1.53. The predicted molar refractivity (Wildman–Crippen MR) is 84.0 cm³/mol. The summed E-state index contributed by atoms with van der Waals surface area (Å²) >= 11 is 0. The summed E-state index contributed by atoms with van der Waals surface area (Å²) in [4.78, 5) is 26.5. The van der Waals surface area contributed by atoms with Crippen molar-refractivity contribution >= 4 is 11.9 Å². The van der Waals surface area contributed by atoms with E-state index >= 15 is 0 Å². The van der Waals surface area contributed by atoms with Crippen LogP contribution in [-0.4, -0.2) is 56.9 Å². The normalized spacial score (nSPS) is 36.0. The number of ether oxygens (including phenoxy) is 2. The fourth-order valence-electron chi connectivity index (χ4n) is 4.34. The standard InChI is InChI=1S/C17H28N2O4/c1-15(2)16(3)5-6-17(15,23-14(16)21)13(20)18-7-4-8-19-9-11-22-12-10-19/h4-12H2,1-3H3,(H,18,20)/p+1/t16-,17-/m0/s1. The SMILES string of the molecule is CC1(C)[C@@]2(C)CC[C@@]1(C(=O)NCCC[NH+]1CCOCC1)OC2=O. The molecule has 0 radical (unpaired) electrons. The van der Waals surface area contributed by atoms with E-state index in [4.69, 9.17) is 9.47 Å². The van der Waals surface area contributed by atoms with Crippen molar-refractivity contribution in [2.45, 2.75) is 45.6 Å². The van der Waals surface area contributed by atoms with Gasteiger partial charge in [0, 0.05) is 18.4 Å². The van der Waals surface area contributed by atoms with E-state index in [9.17, 15) is 9.59 Å². The molecule has 2 aliphatic heterocycles. The number of quaternary nitrogens is 1. The van der Waals surface area contributed by atoms with E-state index in [2.05, 4.69) is 5.32 Å². The summed E-state index contributed by atoms with van der Waals surface area (Å²) < 4.78 is 10.9. The van der Waals surface area contributed by atoms with E-state index in [1.54, 1.807) is 0 Å². The molecule has 3 aliphatic rings. The first-order valence-corrected chi connectivity index (χ1v) is 8.77. The first-order chi connectivity index (χ1) is 10.8. The van der Waals surface area contributed by atoms with E-state index in [0.717, 1.165) is 45.7 Å². The van der Waals surface area contributed by atoms with Crippen molar-refractivity contribution in [3.8, 4) is 0 Å². The zero-order valence-electron chi connectivity index (χ0n) is 14.5. The molecule has 0 aromatic carbocycles. The van der Waals surface area contributed by atoms with Crippen LogP contribution in [0.5, 0.6) is 0 Å². The van der Waals surface area contributed by atoms with Gasteiger partial charge in [0.1, 0.15) is 13.1 Å². The number of esters is 1. The molecular formula is C17H29N2O4+. The summed E-state index contributed by atoms with van der Waals surface area (Å²) in [7, 11) is 0. The third kappa shape index (κ3) is 2.38. The Bertz CT molecular complexity index is 501. The molecule has 2 N–H and O–H groups in total. The highest BCUT2D eigenvalue weighted by Gasteiger charge is 2.75. The minimum Gasteiger partial charge on any atom is -0.448 e. The lowest BCUT2D eigenvalue weighted by Gasteiger charge is -2.35. The van der Waals surface area contributed by atoms with Crippen molar-refractivity contribution < 1.29 is 24.0 Å². The van der Waals surface area contributed by atoms with E-state index in [0.29, 0.717) is 13.0 Å². The number of fused-ring (bicyclic) bond motifs is 2. The Morgan fingerprint density at radius 1 is 1.22 bits per heavy atom. The number of nitrogens with one attached hydrogen (secondary N) is 2. The molecule has 130 valence electrons. The van der Waals surface area contributed by atoms with Gasteiger partial charge in [-0.2, -0.15) is 0 Å². The molecule has 0 aromatic heterocycles. The molecule has 1 aliphatic carbocycles. The number of hydrogen-bond acceptors (Lipinski definition) is 4. The number of carbonyl (C=O) groups excluding carboxylic acids is 2. The van der Waals surface area contributed by atoms with Crippen molar-refractivity contribution in [2.24, 2.45) is 10.8 Å². The highest BCUT2D eigenvalue weighted by atomic mass is 16.6. The first-order valence-electron chi connectivity index (χ1n) is 8.77. The fourth-order valence-corrected chi connectivity index (χ4v) is 4.34. The zero-order valence-corrected chi connectivity index (χ0v) is 14.5. The van der Waals surface area contributed by atoms with Crippen LogP contribution in [0.25, 0.3) is 0 Å². The van der Waals surface area contributed by atoms with Crippen LogP contribution in [0.4, 0.5) is 0 Å². The molecule has 0 unspecified atom stereocenters. The summed E-state index contributed by atoms with van der Waals surface area (Å²) in [6, 6.07) is 0. The average Bonchev–Trinajstić information content (AvgIpc) is 2.83. The quantitative estimate of drug-likeness (QED) is 0.530. The summed E-state index contributed by atoms with van der Waals surface area (Å²) in [5, 5.41) is 3.02. The summed E-state index contributed by atoms with van der Waals surface area (Å²) in [6.45, 7) is 11.3. The molecule has 2 atom stereocenters. The molecule has 0 spiro atoms. The van der Waals surface area contributed by atoms with Gasteiger partial charge in [0.2, 0.25) is 0 Å². The van der Waals surface area contributed by atoms with Crippen LogP contribution < -0.4 is 10.2 Å². The Kier molecular flexibility index (Phi) is 4.17. The third-order valence-electron chi connectivity index (χ3n) is 6.64. The van der Waals surface area contributed by atoms with Gasteiger partial charge in [0.15, 0.2) is 5.60 Å². The molecule has 3 rings (SSSR count). The molecule has 23 heavy (non-hydrogen) atoms. The minimum atomic E-state index is -0.981. The second kappa shape index (κ2) is 5.74. The third-order valence-corrected chi connectivity index (χ3v) is 6.64. The van der Waals surface area contributed by atoms with Gasteiger partial charge in [-0.15, -0.1) is 0 Å². The van der Waals surface area contributed by atoms with Gasteiger partial charge in [0.25, 0.3) is 5.91 Å². The van der Waals surface area contributed by atoms with E-state index < -0.39 is 16.4 Å². The Morgan fingerprint density at radius 3 is 2.48 bits per heavy atom. The molecule has 2 heterocycles. The van der Waals surface area contributed by atoms with Gasteiger partial charge in [-0.3, -0.25) is 9.59 Å². The van der Waals surface area contributed by atoms with Gasteiger partial charge in [0.05, 0.1) is 25.2 Å². The molecule has 1 saturated carbocycles. The van der Waals surface area contributed by atoms with Crippen molar-refractivity contribution in [3.05, 3.63) is 0 Å². The molecular weight excluding hydrogens is 296 g/mol. The molecule has 0 aromatic rings. The minimum absolute atomic E-state index is 0.117. The number of amides is 1. The average molecular weight is 325 g/mol. The predicted octanol–water partition coefficient (Wildman–Crippen LogP) is -0.470. The monoisotopic (exact) mass is 325 g/mol. The largest absolute Gasteiger partial charge is 0.448 e. The van der Waals surface area contributed by atoms with Crippen molar-refractivity contribution in [3.63, 3.8) is 0 Å². The van der Waals surface area contributed by atoms with E-state index in [1.807, 2.05) is 20.8 Å². The number of rotatable bonds is 5.